The molecule has 0 bridgehead atoms. The van der Waals surface area contributed by atoms with Crippen LogP contribution in [0.25, 0.3) is 0 Å². The Kier molecular flexibility index (Phi) is 5.36. The zero-order chi connectivity index (χ0) is 20.9. The van der Waals surface area contributed by atoms with Gasteiger partial charge in [0, 0.05) is 20.3 Å². The van der Waals surface area contributed by atoms with Gasteiger partial charge in [0.1, 0.15) is 0 Å². The summed E-state index contributed by atoms with van der Waals surface area (Å²) in [5.74, 6) is 0.237. The maximum Gasteiger partial charge on any atom is 0.283 e. The molecular formula is C20H31N3O4S. The third-order valence-corrected chi connectivity index (χ3v) is 8.21. The van der Waals surface area contributed by atoms with Gasteiger partial charge in [-0.15, -0.1) is 0 Å². The van der Waals surface area contributed by atoms with Crippen molar-refractivity contribution in [1.29, 1.82) is 0 Å². The molecule has 8 heteroatoms. The number of amides is 1. The Hall–Kier alpha value is -1.51. The highest BCUT2D eigenvalue weighted by Gasteiger charge is 2.77. The average molecular weight is 410 g/mol. The molecule has 0 saturated heterocycles. The molecule has 1 aromatic rings. The van der Waals surface area contributed by atoms with Crippen molar-refractivity contribution in [1.82, 2.24) is 14.4 Å². The van der Waals surface area contributed by atoms with Crippen LogP contribution in [0.4, 0.5) is 0 Å². The minimum Gasteiger partial charge on any atom is -0.345 e. The lowest BCUT2D eigenvalue weighted by Gasteiger charge is -2.36. The number of hydrogen-bond acceptors (Lipinski definition) is 5. The van der Waals surface area contributed by atoms with Crippen molar-refractivity contribution >= 4 is 15.9 Å². The van der Waals surface area contributed by atoms with Crippen molar-refractivity contribution in [3.05, 3.63) is 23.9 Å². The maximum atomic E-state index is 13.8. The number of hydroxylamine groups is 1. The Labute approximate surface area is 168 Å². The second kappa shape index (κ2) is 7.07. The second-order valence-electron chi connectivity index (χ2n) is 8.79. The van der Waals surface area contributed by atoms with E-state index in [9.17, 15) is 13.2 Å². The Morgan fingerprint density at radius 3 is 2.61 bits per heavy atom. The molecular weight excluding hydrogens is 378 g/mol. The van der Waals surface area contributed by atoms with Gasteiger partial charge < -0.3 is 4.90 Å². The molecule has 0 aromatic carbocycles. The number of fused-ring (bicyclic) bond motifs is 1. The van der Waals surface area contributed by atoms with Gasteiger partial charge in [-0.3, -0.25) is 9.63 Å². The van der Waals surface area contributed by atoms with Crippen LogP contribution in [0.2, 0.25) is 0 Å². The number of carbonyl (C=O) groups excluding carboxylic acids is 1. The molecule has 2 fully saturated rings. The topological polar surface area (TPSA) is 79.8 Å². The smallest absolute Gasteiger partial charge is 0.283 e. The molecule has 3 atom stereocenters. The number of carbonyl (C=O) groups is 1. The van der Waals surface area contributed by atoms with E-state index >= 15 is 0 Å². The third-order valence-electron chi connectivity index (χ3n) is 6.53. The fourth-order valence-electron chi connectivity index (χ4n) is 5.06. The fourth-order valence-corrected chi connectivity index (χ4v) is 6.96. The summed E-state index contributed by atoms with van der Waals surface area (Å²) >= 11 is 0. The lowest BCUT2D eigenvalue weighted by molar-refractivity contribution is -0.137. The quantitative estimate of drug-likeness (QED) is 0.675. The monoisotopic (exact) mass is 409 g/mol. The van der Waals surface area contributed by atoms with Gasteiger partial charge in [-0.2, -0.15) is 0 Å². The SMILES string of the molecule is CCON(C12CC(C)CCC1C2(C)C)S(=O)(=O)c1ncccc1C(=O)N(C)C. The number of rotatable bonds is 6. The molecule has 3 unspecified atom stereocenters. The number of sulfonamides is 1. The highest BCUT2D eigenvalue weighted by Crippen LogP contribution is 2.72. The Morgan fingerprint density at radius 2 is 2.00 bits per heavy atom. The highest BCUT2D eigenvalue weighted by molar-refractivity contribution is 7.89. The highest BCUT2D eigenvalue weighted by atomic mass is 32.2. The summed E-state index contributed by atoms with van der Waals surface area (Å²) in [6, 6.07) is 3.08. The van der Waals surface area contributed by atoms with Crippen molar-refractivity contribution < 1.29 is 18.0 Å². The van der Waals surface area contributed by atoms with Crippen LogP contribution in [0, 0.1) is 17.3 Å². The van der Waals surface area contributed by atoms with E-state index < -0.39 is 21.5 Å². The van der Waals surface area contributed by atoms with Crippen LogP contribution in [0.3, 0.4) is 0 Å². The van der Waals surface area contributed by atoms with Gasteiger partial charge in [-0.05, 0) is 49.1 Å². The van der Waals surface area contributed by atoms with E-state index in [4.69, 9.17) is 4.84 Å². The van der Waals surface area contributed by atoms with Gasteiger partial charge in [0.15, 0.2) is 5.03 Å². The molecule has 0 spiro atoms. The van der Waals surface area contributed by atoms with Crippen molar-refractivity contribution in [2.24, 2.45) is 17.3 Å². The zero-order valence-electron chi connectivity index (χ0n) is 17.6. The predicted octanol–water partition coefficient (Wildman–Crippen LogP) is 2.94. The molecule has 1 heterocycles. The van der Waals surface area contributed by atoms with E-state index in [1.165, 1.54) is 21.6 Å². The summed E-state index contributed by atoms with van der Waals surface area (Å²) in [6.45, 7) is 8.38. The van der Waals surface area contributed by atoms with E-state index in [2.05, 4.69) is 25.8 Å². The molecule has 0 radical (unpaired) electrons. The maximum absolute atomic E-state index is 13.8. The molecule has 3 rings (SSSR count). The number of aromatic nitrogens is 1. The van der Waals surface area contributed by atoms with Gasteiger partial charge in [-0.25, -0.2) is 13.4 Å². The van der Waals surface area contributed by atoms with E-state index in [0.29, 0.717) is 5.92 Å². The van der Waals surface area contributed by atoms with Gasteiger partial charge in [-0.1, -0.05) is 31.7 Å². The summed E-state index contributed by atoms with van der Waals surface area (Å²) < 4.78 is 28.7. The molecule has 0 N–H and O–H groups in total. The molecule has 1 amide bonds. The summed E-state index contributed by atoms with van der Waals surface area (Å²) in [7, 11) is -0.949. The fraction of sp³-hybridized carbons (Fsp3) is 0.700. The Bertz CT molecular complexity index is 868. The van der Waals surface area contributed by atoms with E-state index in [0.717, 1.165) is 19.3 Å². The molecule has 7 nitrogen and oxygen atoms in total. The third kappa shape index (κ3) is 2.97. The van der Waals surface area contributed by atoms with Crippen molar-refractivity contribution in [2.75, 3.05) is 20.7 Å². The van der Waals surface area contributed by atoms with E-state index in [-0.39, 0.29) is 28.5 Å². The van der Waals surface area contributed by atoms with Crippen LogP contribution in [0.15, 0.2) is 23.4 Å². The largest absolute Gasteiger partial charge is 0.345 e. The van der Waals surface area contributed by atoms with Crippen LogP contribution in [-0.2, 0) is 14.9 Å². The van der Waals surface area contributed by atoms with Crippen LogP contribution >= 0.6 is 0 Å². The second-order valence-corrected chi connectivity index (χ2v) is 10.5. The lowest BCUT2D eigenvalue weighted by Crippen LogP contribution is -2.48. The van der Waals surface area contributed by atoms with Crippen LogP contribution < -0.4 is 0 Å². The number of hydrogen-bond donors (Lipinski definition) is 0. The molecule has 0 aliphatic heterocycles. The van der Waals surface area contributed by atoms with Crippen molar-refractivity contribution in [3.8, 4) is 0 Å². The molecule has 2 saturated carbocycles. The van der Waals surface area contributed by atoms with Crippen LogP contribution in [-0.4, -0.2) is 54.9 Å². The van der Waals surface area contributed by atoms with Gasteiger partial charge in [0.2, 0.25) is 0 Å². The normalized spacial score (nSPS) is 28.7. The summed E-state index contributed by atoms with van der Waals surface area (Å²) in [6.07, 6.45) is 4.20. The number of pyridine rings is 1. The van der Waals surface area contributed by atoms with Gasteiger partial charge >= 0.3 is 0 Å². The summed E-state index contributed by atoms with van der Waals surface area (Å²) in [5, 5.41) is -0.240. The minimum absolute atomic E-state index is 0.0625. The summed E-state index contributed by atoms with van der Waals surface area (Å²) in [4.78, 5) is 23.9. The minimum atomic E-state index is -4.13. The Morgan fingerprint density at radius 1 is 1.32 bits per heavy atom. The molecule has 156 valence electrons. The van der Waals surface area contributed by atoms with Gasteiger partial charge in [0.05, 0.1) is 17.7 Å². The van der Waals surface area contributed by atoms with Crippen molar-refractivity contribution in [3.63, 3.8) is 0 Å². The lowest BCUT2D eigenvalue weighted by atomic mass is 9.87. The first-order valence-corrected chi connectivity index (χ1v) is 11.3. The first-order chi connectivity index (χ1) is 13.0. The summed E-state index contributed by atoms with van der Waals surface area (Å²) in [5.41, 5.74) is -0.733. The molecule has 28 heavy (non-hydrogen) atoms. The van der Waals surface area contributed by atoms with E-state index in [1.807, 2.05) is 0 Å². The van der Waals surface area contributed by atoms with Crippen LogP contribution in [0.1, 0.15) is 57.3 Å². The molecule has 2 aliphatic rings. The molecule has 2 aliphatic carbocycles. The Balaban J connectivity index is 2.13. The first-order valence-electron chi connectivity index (χ1n) is 9.86. The first kappa shape index (κ1) is 21.2. The van der Waals surface area contributed by atoms with Crippen LogP contribution in [0.5, 0.6) is 0 Å². The standard InChI is InChI=1S/C20H31N3O4S/c1-7-27-23(20-13-14(2)10-11-16(20)19(20,3)4)28(25,26)17-15(9-8-12-21-17)18(24)22(5)6/h8-9,12,14,16H,7,10-11,13H2,1-6H3. The molecule has 1 aromatic heterocycles. The predicted molar refractivity (Wildman–Crippen MR) is 106 cm³/mol. The van der Waals surface area contributed by atoms with Crippen molar-refractivity contribution in [2.45, 2.75) is 57.5 Å². The zero-order valence-corrected chi connectivity index (χ0v) is 18.4. The van der Waals surface area contributed by atoms with Gasteiger partial charge in [0.25, 0.3) is 15.9 Å². The average Bonchev–Trinajstić information content (AvgIpc) is 3.13. The number of nitrogens with zero attached hydrogens (tertiary/aromatic N) is 3. The van der Waals surface area contributed by atoms with E-state index in [1.54, 1.807) is 27.1 Å².